The molecule has 15 heteroatoms. The molecule has 5 aromatic rings. The Bertz CT molecular complexity index is 5740. The zero-order valence-electron chi connectivity index (χ0n) is 89.5. The van der Waals surface area contributed by atoms with Gasteiger partial charge in [-0.1, -0.05) is 149 Å². The monoisotopic (exact) mass is 1920 g/mol. The van der Waals surface area contributed by atoms with E-state index in [9.17, 15) is 24.0 Å². The summed E-state index contributed by atoms with van der Waals surface area (Å²) in [7, 11) is 6.01. The molecule has 5 aliphatic heterocycles. The quantitative estimate of drug-likeness (QED) is 0.135. The fourth-order valence-electron chi connectivity index (χ4n) is 38.3. The molecule has 0 unspecified atom stereocenters. The van der Waals surface area contributed by atoms with Crippen LogP contribution in [-0.4, -0.2) is 125 Å². The Kier molecular flexibility index (Phi) is 27.0. The fourth-order valence-corrected chi connectivity index (χ4v) is 38.3. The minimum absolute atomic E-state index is 0.0213. The van der Waals surface area contributed by atoms with E-state index in [1.165, 1.54) is 235 Å². The van der Waals surface area contributed by atoms with Crippen molar-refractivity contribution in [3.63, 3.8) is 0 Å². The highest BCUT2D eigenvalue weighted by Gasteiger charge is 2.66. The van der Waals surface area contributed by atoms with Crippen LogP contribution in [0.2, 0.25) is 0 Å². The summed E-state index contributed by atoms with van der Waals surface area (Å²) in [5.41, 5.74) is 19.8. The number of aryl methyl sites for hydroxylation is 2. The topological polar surface area (TPSA) is 174 Å². The molecule has 0 radical (unpaired) electrons. The third-order valence-corrected chi connectivity index (χ3v) is 46.8. The highest BCUT2D eigenvalue weighted by Crippen LogP contribution is 2.74. The number of aromatic nitrogens is 4. The van der Waals surface area contributed by atoms with Gasteiger partial charge in [-0.3, -0.25) is 43.9 Å². The lowest BCUT2D eigenvalue weighted by Gasteiger charge is -2.59. The molecule has 0 spiro atoms. The molecule has 1 aromatic carbocycles. The molecule has 4 aromatic heterocycles. The normalized spacial score (nSPS) is 42.1. The second-order valence-electron chi connectivity index (χ2n) is 52.5. The predicted molar refractivity (Wildman–Crippen MR) is 567 cm³/mol. The summed E-state index contributed by atoms with van der Waals surface area (Å²) in [6.45, 7) is 36.3. The van der Waals surface area contributed by atoms with E-state index >= 15 is 0 Å². The van der Waals surface area contributed by atoms with E-state index in [2.05, 4.69) is 200 Å². The lowest BCUT2D eigenvalue weighted by atomic mass is 9.46. The Balaban J connectivity index is 0.000000105. The molecule has 30 atom stereocenters. The number of allylic oxidation sites excluding steroid dienone is 10. The maximum atomic E-state index is 12.6. The number of carbonyl (C=O) groups is 5. The number of cyclic esters (lactones) is 2. The number of hydrogen-bond donors (Lipinski definition) is 0. The molecule has 5 saturated heterocycles. The van der Waals surface area contributed by atoms with Gasteiger partial charge in [-0.25, -0.2) is 0 Å². The van der Waals surface area contributed by atoms with Gasteiger partial charge in [0.05, 0.1) is 32.4 Å². The number of benzene rings is 1. The van der Waals surface area contributed by atoms with Crippen molar-refractivity contribution < 1.29 is 38.2 Å². The van der Waals surface area contributed by atoms with Crippen molar-refractivity contribution in [2.45, 2.75) is 308 Å². The number of amides is 3. The van der Waals surface area contributed by atoms with Crippen LogP contribution in [0.1, 0.15) is 334 Å². The van der Waals surface area contributed by atoms with Crippen molar-refractivity contribution in [2.24, 2.45) is 173 Å². The van der Waals surface area contributed by atoms with Crippen LogP contribution in [0.4, 0.5) is 0 Å². The van der Waals surface area contributed by atoms with Gasteiger partial charge in [-0.05, 0) is 453 Å². The molecule has 3 amide bonds. The number of fused-ring (bicyclic) bond motifs is 25. The first-order chi connectivity index (χ1) is 68.1. The van der Waals surface area contributed by atoms with Crippen LogP contribution in [0.3, 0.4) is 0 Å². The van der Waals surface area contributed by atoms with Gasteiger partial charge in [0.15, 0.2) is 0 Å². The summed E-state index contributed by atoms with van der Waals surface area (Å²) in [5, 5.41) is 0. The number of likely N-dealkylation sites (tertiary alicyclic amines) is 3. The molecule has 9 heterocycles. The Hall–Kier alpha value is -8.33. The predicted octanol–water partition coefficient (Wildman–Crippen LogP) is 27.2. The second-order valence-corrected chi connectivity index (χ2v) is 52.5. The van der Waals surface area contributed by atoms with Gasteiger partial charge in [-0.2, -0.15) is 0 Å². The van der Waals surface area contributed by atoms with Gasteiger partial charge in [0.2, 0.25) is 17.7 Å². The molecule has 762 valence electrons. The van der Waals surface area contributed by atoms with Crippen molar-refractivity contribution in [1.29, 1.82) is 0 Å². The summed E-state index contributed by atoms with van der Waals surface area (Å²) in [6, 6.07) is 22.3. The third-order valence-electron chi connectivity index (χ3n) is 46.8. The van der Waals surface area contributed by atoms with Crippen molar-refractivity contribution >= 4 is 57.5 Å². The highest BCUT2D eigenvalue weighted by atomic mass is 16.5. The Morgan fingerprint density at radius 3 is 1.10 bits per heavy atom. The summed E-state index contributed by atoms with van der Waals surface area (Å²) >= 11 is 0. The van der Waals surface area contributed by atoms with Crippen molar-refractivity contribution in [3.05, 3.63) is 180 Å². The van der Waals surface area contributed by atoms with Crippen LogP contribution in [0.15, 0.2) is 141 Å². The van der Waals surface area contributed by atoms with Gasteiger partial charge in [0, 0.05) is 115 Å². The first-order valence-corrected chi connectivity index (χ1v) is 57.1. The second kappa shape index (κ2) is 38.4. The molecule has 15 nitrogen and oxygen atoms in total. The zero-order valence-corrected chi connectivity index (χ0v) is 89.5. The molecule has 0 N–H and O–H groups in total. The molecule has 0 bridgehead atoms. The molecule has 142 heavy (non-hydrogen) atoms. The molecule has 10 saturated carbocycles. The number of rotatable bonds is 8. The molecular weight excluding hydrogens is 1750 g/mol. The number of ether oxygens (including phenoxy) is 3. The van der Waals surface area contributed by atoms with Crippen molar-refractivity contribution in [2.75, 3.05) is 60.6 Å². The first-order valence-electron chi connectivity index (χ1n) is 57.1. The lowest BCUT2D eigenvalue weighted by Crippen LogP contribution is -2.55. The largest absolute Gasteiger partial charge is 0.492 e. The van der Waals surface area contributed by atoms with Crippen LogP contribution >= 0.6 is 0 Å². The zero-order chi connectivity index (χ0) is 99.2. The van der Waals surface area contributed by atoms with E-state index in [1.54, 1.807) is 11.1 Å². The molecular formula is C127H171N7O8. The van der Waals surface area contributed by atoms with Crippen LogP contribution < -0.4 is 4.74 Å². The Morgan fingerprint density at radius 1 is 0.345 bits per heavy atom. The Morgan fingerprint density at radius 2 is 0.704 bits per heavy atom. The number of pyridine rings is 4. The maximum absolute atomic E-state index is 12.6. The summed E-state index contributed by atoms with van der Waals surface area (Å²) in [6.07, 6.45) is 68.1. The highest BCUT2D eigenvalue weighted by molar-refractivity contribution is 5.80. The number of nitrogens with zero attached hydrogens (tertiary/aromatic N) is 7. The third kappa shape index (κ3) is 16.9. The van der Waals surface area contributed by atoms with Crippen LogP contribution in [-0.2, 0) is 39.9 Å². The Labute approximate surface area is 851 Å². The standard InChI is InChI=1S/C27H38N2O2.C27H38N2O.C27H37NO.2C23H29NO2/c1-5-31-20-14-18(16-28-17-20)22-8-9-23-21-7-6-19-15-25(30)29(4)13-12-26(19,2)24(21)10-11-27(22,23)3;1-5-18-14-19(17-28-16-18)22-8-9-23-21-7-6-20-15-25(30)29(4)13-12-26(20,2)24(21)10-11-27(22,23)3;1-18-6-5-7-19(16-18)22-10-11-23-21-9-8-20-17-25(29)28(4)15-14-26(20,2)24(21)12-13-27(22,23)3;1-22-10-9-20-17(6-5-16-14-26-21(25)12-23(16,20)2)19(22)8-7-18(22)15-4-3-11-24-13-15;1-22-10-9-20-17(6-5-16-12-21(25)26-14-23(16,20)2)19(22)8-7-18(22)15-4-3-11-24-13-15/h8,14,16-17,19,21,23-24H,5-7,9-13,15H2,1-4H3;8,14,16-17,20-21,23-24H,5-7,9-13,15H2,1-4H3;5-7,10,16,20-21,23-24H,8-9,11-15,17H2,1-4H3;2*3-4,7,11,13,16-17,19-20H,5-6,8-10,12,14H2,1-2H3/t19-,21-,23-,24-,26-,27+;2*20-,21-,23-,24-,26-,27+;2*16-,17-,19-,20-,22+,23-/m00000/s1. The number of esters is 2. The van der Waals surface area contributed by atoms with Gasteiger partial charge in [-0.15, -0.1) is 0 Å². The van der Waals surface area contributed by atoms with Crippen LogP contribution in [0.5, 0.6) is 5.75 Å². The number of carbonyl (C=O) groups excluding carboxylic acids is 5. The maximum Gasteiger partial charge on any atom is 0.306 e. The minimum Gasteiger partial charge on any atom is -0.492 e. The summed E-state index contributed by atoms with van der Waals surface area (Å²) < 4.78 is 16.7. The smallest absolute Gasteiger partial charge is 0.306 e. The lowest BCUT2D eigenvalue weighted by molar-refractivity contribution is -0.178. The fraction of sp³-hybridized carbons (Fsp3) is 0.677. The van der Waals surface area contributed by atoms with Crippen molar-refractivity contribution in [3.8, 4) is 5.75 Å². The summed E-state index contributed by atoms with van der Waals surface area (Å²) in [5.74, 6) is 16.2. The van der Waals surface area contributed by atoms with E-state index < -0.39 is 0 Å². The van der Waals surface area contributed by atoms with Crippen LogP contribution in [0.25, 0.3) is 27.9 Å². The van der Waals surface area contributed by atoms with Gasteiger partial charge in [0.25, 0.3) is 0 Å². The molecule has 15 fully saturated rings. The first kappa shape index (κ1) is 99.6. The number of hydrogen-bond acceptors (Lipinski definition) is 12. The van der Waals surface area contributed by atoms with E-state index in [4.69, 9.17) is 14.2 Å². The van der Waals surface area contributed by atoms with Gasteiger partial charge < -0.3 is 28.9 Å². The molecule has 25 rings (SSSR count). The van der Waals surface area contributed by atoms with E-state index in [1.807, 2.05) is 86.1 Å². The van der Waals surface area contributed by atoms with Crippen molar-refractivity contribution in [1.82, 2.24) is 34.6 Å². The van der Waals surface area contributed by atoms with Gasteiger partial charge >= 0.3 is 11.9 Å². The van der Waals surface area contributed by atoms with Crippen LogP contribution in [0, 0.1) is 179 Å². The van der Waals surface area contributed by atoms with Gasteiger partial charge in [0.1, 0.15) is 5.75 Å². The minimum atomic E-state index is 0.0213. The summed E-state index contributed by atoms with van der Waals surface area (Å²) in [4.78, 5) is 85.4. The van der Waals surface area contributed by atoms with E-state index in [0.717, 1.165) is 116 Å². The molecule has 20 aliphatic rings. The van der Waals surface area contributed by atoms with E-state index in [-0.39, 0.29) is 44.4 Å². The van der Waals surface area contributed by atoms with E-state index in [0.29, 0.717) is 125 Å². The average Bonchev–Trinajstić information content (AvgIpc) is 1.54. The SMILES string of the molecule is CCOc1cncc(C2=CC[C@H]3[C@@H]4CC[C@H]5CC(=O)N(C)CC[C@]5(C)[C@H]4CC[C@]23C)c1.CCc1cncc(C2=CC[C@H]3[C@@H]4CC[C@H]5CC(=O)N(C)CC[C@]5(C)[C@H]4CC[C@]23C)c1.C[C@]12CC(=O)OC[C@@H]1CC[C@@H]1[C@@H]2CC[C@]2(C)C(c3cccnc3)=CC[C@@H]12.C[C@]12COC(=O)C[C@@H]1CC[C@@H]1[C@@H]2CC[C@]2(C)C(c3cccnc3)=CC[C@@H]12.Cc1cccc(C2=CC[C@H]3[C@@H]4CC[C@H]5CC(=O)N(C)CC[C@]5(C)[C@H]4CC[C@]23C)c1. The average molecular weight is 1920 g/mol. The molecule has 15 aliphatic carbocycles.